The topological polar surface area (TPSA) is 109 Å². The van der Waals surface area contributed by atoms with Crippen molar-refractivity contribution in [3.8, 4) is 5.75 Å². The number of rotatable bonds is 8. The van der Waals surface area contributed by atoms with E-state index in [0.29, 0.717) is 28.6 Å². The van der Waals surface area contributed by atoms with Crippen molar-refractivity contribution >= 4 is 35.3 Å². The number of halogens is 1. The highest BCUT2D eigenvalue weighted by molar-refractivity contribution is 6.39. The lowest BCUT2D eigenvalue weighted by molar-refractivity contribution is -0.136. The minimum atomic E-state index is -0.902. The summed E-state index contributed by atoms with van der Waals surface area (Å²) in [5, 5.41) is 8.89. The van der Waals surface area contributed by atoms with Crippen molar-refractivity contribution in [2.24, 2.45) is 5.10 Å². The highest BCUT2D eigenvalue weighted by Gasteiger charge is 2.13. The number of hydrazone groups is 1. The van der Waals surface area contributed by atoms with E-state index in [4.69, 9.17) is 4.74 Å². The largest absolute Gasteiger partial charge is 0.484 e. The van der Waals surface area contributed by atoms with Crippen molar-refractivity contribution in [2.75, 3.05) is 17.2 Å². The van der Waals surface area contributed by atoms with Crippen LogP contribution in [-0.2, 0) is 14.4 Å². The Morgan fingerprint density at radius 3 is 2.09 bits per heavy atom. The van der Waals surface area contributed by atoms with Crippen LogP contribution in [0.2, 0.25) is 0 Å². The van der Waals surface area contributed by atoms with Crippen LogP contribution in [-0.4, -0.2) is 30.5 Å². The highest BCUT2D eigenvalue weighted by Crippen LogP contribution is 2.17. The molecule has 3 aromatic rings. The summed E-state index contributed by atoms with van der Waals surface area (Å²) in [7, 11) is 0. The van der Waals surface area contributed by atoms with Gasteiger partial charge in [-0.2, -0.15) is 5.10 Å². The van der Waals surface area contributed by atoms with Crippen LogP contribution in [0.1, 0.15) is 30.9 Å². The lowest BCUT2D eigenvalue weighted by Gasteiger charge is -2.08. The molecule has 0 aliphatic rings. The monoisotopic (exact) mass is 476 g/mol. The average Bonchev–Trinajstić information content (AvgIpc) is 2.85. The van der Waals surface area contributed by atoms with Crippen LogP contribution < -0.4 is 20.8 Å². The van der Waals surface area contributed by atoms with E-state index in [1.807, 2.05) is 12.1 Å². The van der Waals surface area contributed by atoms with Gasteiger partial charge in [0, 0.05) is 11.4 Å². The maximum atomic E-state index is 12.9. The Balaban J connectivity index is 1.42. The molecule has 0 fully saturated rings. The molecule has 3 rings (SSSR count). The second kappa shape index (κ2) is 12.1. The molecule has 0 aliphatic carbocycles. The van der Waals surface area contributed by atoms with Gasteiger partial charge in [-0.1, -0.05) is 26.0 Å². The fraction of sp³-hybridized carbons (Fsp3) is 0.154. The quantitative estimate of drug-likeness (QED) is 0.259. The van der Waals surface area contributed by atoms with E-state index in [-0.39, 0.29) is 12.5 Å². The van der Waals surface area contributed by atoms with Gasteiger partial charge in [0.15, 0.2) is 6.61 Å². The number of hydrogen-bond acceptors (Lipinski definition) is 5. The number of carbonyl (C=O) groups excluding carboxylic acids is 3. The van der Waals surface area contributed by atoms with Gasteiger partial charge in [0.25, 0.3) is 5.91 Å². The number of ether oxygens (including phenoxy) is 1. The van der Waals surface area contributed by atoms with Gasteiger partial charge in [0.1, 0.15) is 11.6 Å². The maximum absolute atomic E-state index is 12.9. The van der Waals surface area contributed by atoms with Gasteiger partial charge in [0.2, 0.25) is 0 Å². The Labute approximate surface area is 202 Å². The number of nitrogens with zero attached hydrogens (tertiary/aromatic N) is 1. The van der Waals surface area contributed by atoms with E-state index in [1.54, 1.807) is 36.4 Å². The van der Waals surface area contributed by atoms with Gasteiger partial charge in [-0.3, -0.25) is 14.4 Å². The second-order valence-electron chi connectivity index (χ2n) is 7.84. The minimum absolute atomic E-state index is 0.226. The number of benzene rings is 3. The van der Waals surface area contributed by atoms with Crippen LogP contribution in [0.15, 0.2) is 77.9 Å². The van der Waals surface area contributed by atoms with Crippen LogP contribution in [0.25, 0.3) is 0 Å². The average molecular weight is 477 g/mol. The van der Waals surface area contributed by atoms with Crippen LogP contribution in [0.5, 0.6) is 5.75 Å². The Morgan fingerprint density at radius 2 is 1.46 bits per heavy atom. The van der Waals surface area contributed by atoms with Crippen molar-refractivity contribution in [3.63, 3.8) is 0 Å². The lowest BCUT2D eigenvalue weighted by Crippen LogP contribution is -2.32. The molecular weight excluding hydrogens is 451 g/mol. The van der Waals surface area contributed by atoms with Gasteiger partial charge < -0.3 is 15.4 Å². The molecule has 0 heterocycles. The van der Waals surface area contributed by atoms with Crippen molar-refractivity contribution in [1.29, 1.82) is 0 Å². The van der Waals surface area contributed by atoms with E-state index in [0.717, 1.165) is 5.56 Å². The summed E-state index contributed by atoms with van der Waals surface area (Å²) in [6, 6.07) is 19.2. The normalized spacial score (nSPS) is 10.7. The fourth-order valence-corrected chi connectivity index (χ4v) is 2.88. The third kappa shape index (κ3) is 8.08. The zero-order chi connectivity index (χ0) is 25.2. The SMILES string of the molecule is CC(C)c1ccc(NC(=O)C(=O)N/N=C\c2ccc(OCC(=O)Nc3ccc(F)cc3)cc2)cc1. The van der Waals surface area contributed by atoms with E-state index in [2.05, 4.69) is 35.0 Å². The molecule has 180 valence electrons. The molecule has 0 radical (unpaired) electrons. The number of amides is 3. The molecule has 3 N–H and O–H groups in total. The molecule has 9 heteroatoms. The molecule has 0 spiro atoms. The van der Waals surface area contributed by atoms with Gasteiger partial charge in [-0.15, -0.1) is 0 Å². The highest BCUT2D eigenvalue weighted by atomic mass is 19.1. The number of nitrogens with one attached hydrogen (secondary N) is 3. The van der Waals surface area contributed by atoms with Crippen molar-refractivity contribution in [3.05, 3.63) is 89.7 Å². The first-order chi connectivity index (χ1) is 16.8. The summed E-state index contributed by atoms with van der Waals surface area (Å²) in [4.78, 5) is 35.9. The lowest BCUT2D eigenvalue weighted by atomic mass is 10.0. The summed E-state index contributed by atoms with van der Waals surface area (Å²) in [6.45, 7) is 3.91. The van der Waals surface area contributed by atoms with Gasteiger partial charge >= 0.3 is 11.8 Å². The summed E-state index contributed by atoms with van der Waals surface area (Å²) in [5.41, 5.74) is 4.92. The molecule has 0 atom stereocenters. The van der Waals surface area contributed by atoms with Gasteiger partial charge in [-0.05, 0) is 77.7 Å². The summed E-state index contributed by atoms with van der Waals surface area (Å²) < 4.78 is 18.3. The Bertz CT molecular complexity index is 1190. The first-order valence-electron chi connectivity index (χ1n) is 10.8. The van der Waals surface area contributed by atoms with E-state index in [1.165, 1.54) is 30.5 Å². The van der Waals surface area contributed by atoms with Crippen molar-refractivity contribution in [1.82, 2.24) is 5.43 Å². The maximum Gasteiger partial charge on any atom is 0.329 e. The summed E-state index contributed by atoms with van der Waals surface area (Å²) in [6.07, 6.45) is 1.37. The second-order valence-corrected chi connectivity index (χ2v) is 7.84. The standard InChI is InChI=1S/C26H25FN4O4/c1-17(2)19-5-9-22(10-6-19)30-25(33)26(34)31-28-15-18-3-13-23(14-4-18)35-16-24(32)29-21-11-7-20(27)8-12-21/h3-15,17H,16H2,1-2H3,(H,29,32)(H,30,33)(H,31,34)/b28-15-. The Morgan fingerprint density at radius 1 is 0.857 bits per heavy atom. The number of anilines is 2. The first kappa shape index (κ1) is 25.1. The molecule has 8 nitrogen and oxygen atoms in total. The summed E-state index contributed by atoms with van der Waals surface area (Å²) >= 11 is 0. The van der Waals surface area contributed by atoms with Gasteiger partial charge in [0.05, 0.1) is 6.21 Å². The fourth-order valence-electron chi connectivity index (χ4n) is 2.88. The van der Waals surface area contributed by atoms with Crippen LogP contribution in [0.3, 0.4) is 0 Å². The van der Waals surface area contributed by atoms with Crippen molar-refractivity contribution in [2.45, 2.75) is 19.8 Å². The molecule has 0 saturated heterocycles. The smallest absolute Gasteiger partial charge is 0.329 e. The third-order valence-corrected chi connectivity index (χ3v) is 4.80. The molecule has 0 aromatic heterocycles. The minimum Gasteiger partial charge on any atom is -0.484 e. The van der Waals surface area contributed by atoms with Crippen LogP contribution >= 0.6 is 0 Å². The number of hydrogen-bond donors (Lipinski definition) is 3. The molecular formula is C26H25FN4O4. The predicted molar refractivity (Wildman–Crippen MR) is 132 cm³/mol. The molecule has 0 aliphatic heterocycles. The van der Waals surface area contributed by atoms with E-state index < -0.39 is 17.6 Å². The first-order valence-corrected chi connectivity index (χ1v) is 10.8. The van der Waals surface area contributed by atoms with Gasteiger partial charge in [-0.25, -0.2) is 9.82 Å². The third-order valence-electron chi connectivity index (χ3n) is 4.80. The molecule has 0 bridgehead atoms. The summed E-state index contributed by atoms with van der Waals surface area (Å²) in [5.74, 6) is -1.70. The molecule has 3 amide bonds. The number of carbonyl (C=O) groups is 3. The van der Waals surface area contributed by atoms with E-state index >= 15 is 0 Å². The predicted octanol–water partition coefficient (Wildman–Crippen LogP) is 4.06. The van der Waals surface area contributed by atoms with E-state index in [9.17, 15) is 18.8 Å². The zero-order valence-electron chi connectivity index (χ0n) is 19.2. The van der Waals surface area contributed by atoms with Crippen LogP contribution in [0, 0.1) is 5.82 Å². The Hall–Kier alpha value is -4.53. The van der Waals surface area contributed by atoms with Crippen LogP contribution in [0.4, 0.5) is 15.8 Å². The Kier molecular flexibility index (Phi) is 8.66. The molecule has 0 unspecified atom stereocenters. The molecule has 35 heavy (non-hydrogen) atoms. The molecule has 0 saturated carbocycles. The zero-order valence-corrected chi connectivity index (χ0v) is 19.2. The molecule has 3 aromatic carbocycles. The van der Waals surface area contributed by atoms with Crippen molar-refractivity contribution < 1.29 is 23.5 Å².